The van der Waals surface area contributed by atoms with Gasteiger partial charge >= 0.3 is 0 Å². The number of pyridine rings is 3. The van der Waals surface area contributed by atoms with Gasteiger partial charge in [0, 0.05) is 23.7 Å². The molecule has 40 heavy (non-hydrogen) atoms. The fourth-order valence-electron chi connectivity index (χ4n) is 5.27. The zero-order valence-electron chi connectivity index (χ0n) is 21.7. The van der Waals surface area contributed by atoms with Crippen molar-refractivity contribution in [2.45, 2.75) is 39.0 Å². The Hall–Kier alpha value is -4.31. The van der Waals surface area contributed by atoms with Crippen molar-refractivity contribution in [2.24, 2.45) is 0 Å². The number of hydrogen-bond donors (Lipinski definition) is 0. The quantitative estimate of drug-likeness (QED) is 0.257. The maximum atomic E-state index is 16.2. The fraction of sp³-hybridized carbons (Fsp3) is 0.207. The van der Waals surface area contributed by atoms with Crippen LogP contribution in [0.25, 0.3) is 22.6 Å². The highest BCUT2D eigenvalue weighted by atomic mass is 35.5. The summed E-state index contributed by atoms with van der Waals surface area (Å²) in [5.41, 5.74) is 1.30. The summed E-state index contributed by atoms with van der Waals surface area (Å²) in [6, 6.07) is 7.70. The number of nitrogens with zero attached hydrogens (tertiary/aromatic N) is 6. The molecule has 0 amide bonds. The van der Waals surface area contributed by atoms with Crippen LogP contribution in [-0.4, -0.2) is 29.3 Å². The Morgan fingerprint density at radius 1 is 1.00 bits per heavy atom. The standard InChI is InChI=1S/C29H22ClF3N6O/c1-14-10-35-27(19-5-4-6-23(25(19)32)38-13-36-37-16(38)3)26(33)28(14)39-15(2)7-22(24(30)29(39)40)21-9-20(21)17-8-18(31)12-34-11-17/h4-8,10-13,20-21H,9H2,1-3H3/t20?,21-/m1/s1. The smallest absolute Gasteiger partial charge is 0.274 e. The first-order chi connectivity index (χ1) is 19.2. The predicted molar refractivity (Wildman–Crippen MR) is 144 cm³/mol. The van der Waals surface area contributed by atoms with Crippen LogP contribution in [0, 0.1) is 38.2 Å². The summed E-state index contributed by atoms with van der Waals surface area (Å²) in [5, 5.41) is 7.63. The number of aromatic nitrogens is 6. The van der Waals surface area contributed by atoms with E-state index in [1.807, 2.05) is 0 Å². The van der Waals surface area contributed by atoms with Crippen molar-refractivity contribution >= 4 is 11.6 Å². The summed E-state index contributed by atoms with van der Waals surface area (Å²) in [6.07, 6.45) is 6.18. The van der Waals surface area contributed by atoms with Crippen LogP contribution in [0.1, 0.15) is 46.5 Å². The minimum absolute atomic E-state index is 0.0223. The Labute approximate surface area is 232 Å². The lowest BCUT2D eigenvalue weighted by molar-refractivity contribution is 0.598. The van der Waals surface area contributed by atoms with Gasteiger partial charge in [0.05, 0.1) is 17.6 Å². The van der Waals surface area contributed by atoms with Crippen molar-refractivity contribution < 1.29 is 13.2 Å². The third kappa shape index (κ3) is 4.19. The maximum absolute atomic E-state index is 16.2. The van der Waals surface area contributed by atoms with Crippen LogP contribution < -0.4 is 5.56 Å². The van der Waals surface area contributed by atoms with E-state index >= 15 is 8.78 Å². The third-order valence-corrected chi connectivity index (χ3v) is 7.70. The molecule has 0 N–H and O–H groups in total. The zero-order chi connectivity index (χ0) is 28.3. The molecule has 2 atom stereocenters. The first-order valence-corrected chi connectivity index (χ1v) is 12.9. The second-order valence-electron chi connectivity index (χ2n) is 9.92. The van der Waals surface area contributed by atoms with Gasteiger partial charge in [-0.3, -0.25) is 23.9 Å². The number of halogens is 4. The summed E-state index contributed by atoms with van der Waals surface area (Å²) in [5.74, 6) is -1.66. The molecule has 1 saturated carbocycles. The van der Waals surface area contributed by atoms with Crippen molar-refractivity contribution in [3.8, 4) is 22.6 Å². The van der Waals surface area contributed by atoms with Gasteiger partial charge in [-0.1, -0.05) is 17.7 Å². The molecule has 202 valence electrons. The van der Waals surface area contributed by atoms with Gasteiger partial charge in [0.15, 0.2) is 11.6 Å². The van der Waals surface area contributed by atoms with Crippen molar-refractivity contribution in [3.05, 3.63) is 116 Å². The van der Waals surface area contributed by atoms with Crippen molar-refractivity contribution in [1.82, 2.24) is 29.3 Å². The summed E-state index contributed by atoms with van der Waals surface area (Å²) < 4.78 is 48.2. The molecule has 0 bridgehead atoms. The van der Waals surface area contributed by atoms with Crippen molar-refractivity contribution in [1.29, 1.82) is 0 Å². The van der Waals surface area contributed by atoms with Crippen LogP contribution in [0.4, 0.5) is 13.2 Å². The molecule has 7 nitrogen and oxygen atoms in total. The first kappa shape index (κ1) is 25.9. The summed E-state index contributed by atoms with van der Waals surface area (Å²) >= 11 is 6.58. The normalized spacial score (nSPS) is 16.4. The summed E-state index contributed by atoms with van der Waals surface area (Å²) in [4.78, 5) is 21.7. The van der Waals surface area contributed by atoms with E-state index in [0.29, 0.717) is 29.1 Å². The number of aryl methyl sites for hydroxylation is 3. The maximum Gasteiger partial charge on any atom is 0.274 e. The lowest BCUT2D eigenvalue weighted by Gasteiger charge is -2.18. The average Bonchev–Trinajstić information content (AvgIpc) is 3.61. The Bertz CT molecular complexity index is 1870. The van der Waals surface area contributed by atoms with Gasteiger partial charge in [0.25, 0.3) is 5.56 Å². The van der Waals surface area contributed by atoms with Crippen LogP contribution in [0.15, 0.2) is 60.0 Å². The molecule has 4 heterocycles. The number of benzene rings is 1. The molecular weight excluding hydrogens is 541 g/mol. The summed E-state index contributed by atoms with van der Waals surface area (Å²) in [7, 11) is 0. The van der Waals surface area contributed by atoms with E-state index in [4.69, 9.17) is 11.6 Å². The van der Waals surface area contributed by atoms with Crippen molar-refractivity contribution in [2.75, 3.05) is 0 Å². The Morgan fingerprint density at radius 3 is 2.52 bits per heavy atom. The molecule has 0 saturated heterocycles. The van der Waals surface area contributed by atoms with Gasteiger partial charge < -0.3 is 0 Å². The molecule has 4 aromatic heterocycles. The molecule has 5 aromatic rings. The minimum atomic E-state index is -0.860. The van der Waals surface area contributed by atoms with E-state index < -0.39 is 23.0 Å². The van der Waals surface area contributed by atoms with Crippen LogP contribution in [0.5, 0.6) is 0 Å². The van der Waals surface area contributed by atoms with Gasteiger partial charge in [0.2, 0.25) is 0 Å². The molecule has 1 unspecified atom stereocenters. The van der Waals surface area contributed by atoms with Crippen LogP contribution in [0.3, 0.4) is 0 Å². The van der Waals surface area contributed by atoms with Gasteiger partial charge in [-0.05, 0) is 80.0 Å². The van der Waals surface area contributed by atoms with E-state index in [9.17, 15) is 9.18 Å². The van der Waals surface area contributed by atoms with Gasteiger partial charge in [0.1, 0.15) is 28.7 Å². The molecule has 0 aliphatic heterocycles. The summed E-state index contributed by atoms with van der Waals surface area (Å²) in [6.45, 7) is 4.96. The Morgan fingerprint density at radius 2 is 1.80 bits per heavy atom. The average molecular weight is 563 g/mol. The topological polar surface area (TPSA) is 78.5 Å². The van der Waals surface area contributed by atoms with E-state index in [0.717, 1.165) is 11.8 Å². The second-order valence-corrected chi connectivity index (χ2v) is 10.3. The molecule has 1 aliphatic carbocycles. The van der Waals surface area contributed by atoms with Gasteiger partial charge in [-0.2, -0.15) is 0 Å². The Balaban J connectivity index is 1.44. The SMILES string of the molecule is Cc1cnc(-c2cccc(-n3cnnc3C)c2F)c(F)c1-n1c(C)cc([C@@H]2CC2c2cncc(F)c2)c(Cl)c1=O. The van der Waals surface area contributed by atoms with Crippen LogP contribution >= 0.6 is 11.6 Å². The molecule has 1 fully saturated rings. The molecule has 0 radical (unpaired) electrons. The second kappa shape index (κ2) is 9.71. The van der Waals surface area contributed by atoms with Crippen LogP contribution in [-0.2, 0) is 0 Å². The molecule has 6 rings (SSSR count). The predicted octanol–water partition coefficient (Wildman–Crippen LogP) is 6.14. The van der Waals surface area contributed by atoms with E-state index in [1.165, 1.54) is 39.9 Å². The highest BCUT2D eigenvalue weighted by Crippen LogP contribution is 2.55. The molecule has 0 spiro atoms. The number of rotatable bonds is 5. The number of hydrogen-bond acceptors (Lipinski definition) is 5. The first-order valence-electron chi connectivity index (χ1n) is 12.5. The largest absolute Gasteiger partial charge is 0.283 e. The molecule has 1 aromatic carbocycles. The monoisotopic (exact) mass is 562 g/mol. The minimum Gasteiger partial charge on any atom is -0.283 e. The Kier molecular flexibility index (Phi) is 6.29. The van der Waals surface area contributed by atoms with Crippen molar-refractivity contribution in [3.63, 3.8) is 0 Å². The van der Waals surface area contributed by atoms with Crippen LogP contribution in [0.2, 0.25) is 5.02 Å². The molecule has 1 aliphatic rings. The van der Waals surface area contributed by atoms with Gasteiger partial charge in [-0.25, -0.2) is 13.2 Å². The highest BCUT2D eigenvalue weighted by molar-refractivity contribution is 6.31. The highest BCUT2D eigenvalue weighted by Gasteiger charge is 2.42. The zero-order valence-corrected chi connectivity index (χ0v) is 22.4. The fourth-order valence-corrected chi connectivity index (χ4v) is 5.54. The molecular formula is C29H22ClF3N6O. The molecule has 11 heteroatoms. The lowest BCUT2D eigenvalue weighted by Crippen LogP contribution is -2.24. The van der Waals surface area contributed by atoms with E-state index in [-0.39, 0.29) is 39.5 Å². The van der Waals surface area contributed by atoms with E-state index in [1.54, 1.807) is 39.1 Å². The van der Waals surface area contributed by atoms with Gasteiger partial charge in [-0.15, -0.1) is 10.2 Å². The third-order valence-electron chi connectivity index (χ3n) is 7.32. The lowest BCUT2D eigenvalue weighted by atomic mass is 10.0. The van der Waals surface area contributed by atoms with E-state index in [2.05, 4.69) is 20.2 Å².